The highest BCUT2D eigenvalue weighted by atomic mass is 35.5. The number of nitrogens with one attached hydrogen (secondary N) is 1. The lowest BCUT2D eigenvalue weighted by atomic mass is 10.1. The average molecular weight is 306 g/mol. The Morgan fingerprint density at radius 3 is 2.43 bits per heavy atom. The first-order valence-electron chi connectivity index (χ1n) is 7.00. The van der Waals surface area contributed by atoms with Crippen molar-refractivity contribution in [3.05, 3.63) is 65.2 Å². The predicted molar refractivity (Wildman–Crippen MR) is 85.8 cm³/mol. The number of hydrogen-bond acceptors (Lipinski definition) is 3. The maximum atomic E-state index is 9.94. The third-order valence-corrected chi connectivity index (χ3v) is 3.47. The van der Waals surface area contributed by atoms with E-state index in [1.807, 2.05) is 61.5 Å². The topological polar surface area (TPSA) is 41.5 Å². The summed E-state index contributed by atoms with van der Waals surface area (Å²) in [5, 5.41) is 13.9. The molecule has 2 atom stereocenters. The van der Waals surface area contributed by atoms with Gasteiger partial charge in [0.2, 0.25) is 0 Å². The number of ether oxygens (including phenoxy) is 1. The fraction of sp³-hybridized carbons (Fsp3) is 0.294. The summed E-state index contributed by atoms with van der Waals surface area (Å²) in [4.78, 5) is 0. The Balaban J connectivity index is 1.73. The van der Waals surface area contributed by atoms with Crippen LogP contribution in [0.25, 0.3) is 0 Å². The van der Waals surface area contributed by atoms with E-state index in [1.165, 1.54) is 0 Å². The zero-order valence-corrected chi connectivity index (χ0v) is 12.8. The maximum Gasteiger partial charge on any atom is 0.119 e. The fourth-order valence-electron chi connectivity index (χ4n) is 1.95. The van der Waals surface area contributed by atoms with Crippen LogP contribution in [0.2, 0.25) is 5.02 Å². The van der Waals surface area contributed by atoms with Gasteiger partial charge in [0.05, 0.1) is 0 Å². The van der Waals surface area contributed by atoms with Gasteiger partial charge in [-0.25, -0.2) is 0 Å². The van der Waals surface area contributed by atoms with Crippen molar-refractivity contribution in [3.8, 4) is 5.75 Å². The molecule has 0 spiro atoms. The van der Waals surface area contributed by atoms with Crippen LogP contribution in [0.4, 0.5) is 0 Å². The van der Waals surface area contributed by atoms with Crippen molar-refractivity contribution >= 4 is 11.6 Å². The first-order chi connectivity index (χ1) is 10.1. The van der Waals surface area contributed by atoms with Crippen LogP contribution in [-0.4, -0.2) is 24.4 Å². The summed E-state index contributed by atoms with van der Waals surface area (Å²) in [6.45, 7) is 2.79. The summed E-state index contributed by atoms with van der Waals surface area (Å²) in [7, 11) is 0. The van der Waals surface area contributed by atoms with Crippen LogP contribution in [0.5, 0.6) is 5.75 Å². The molecule has 0 fully saturated rings. The van der Waals surface area contributed by atoms with E-state index in [0.717, 1.165) is 16.3 Å². The Bertz CT molecular complexity index is 530. The minimum atomic E-state index is -0.556. The minimum Gasteiger partial charge on any atom is -0.491 e. The molecule has 0 aliphatic rings. The lowest BCUT2D eigenvalue weighted by Crippen LogP contribution is -2.33. The van der Waals surface area contributed by atoms with Crippen molar-refractivity contribution in [1.82, 2.24) is 5.32 Å². The summed E-state index contributed by atoms with van der Waals surface area (Å²) in [5.74, 6) is 0.766. The van der Waals surface area contributed by atoms with E-state index >= 15 is 0 Å². The summed E-state index contributed by atoms with van der Waals surface area (Å²) in [6.07, 6.45) is -0.556. The van der Waals surface area contributed by atoms with Crippen LogP contribution >= 0.6 is 11.6 Å². The van der Waals surface area contributed by atoms with Crippen molar-refractivity contribution in [2.24, 2.45) is 0 Å². The van der Waals surface area contributed by atoms with Gasteiger partial charge < -0.3 is 15.2 Å². The molecule has 0 saturated carbocycles. The second kappa shape index (κ2) is 8.03. The van der Waals surface area contributed by atoms with Gasteiger partial charge in [-0.05, 0) is 36.8 Å². The molecule has 0 aromatic heterocycles. The third-order valence-electron chi connectivity index (χ3n) is 3.22. The normalized spacial score (nSPS) is 13.7. The van der Waals surface area contributed by atoms with Crippen LogP contribution in [0, 0.1) is 0 Å². The molecule has 112 valence electrons. The van der Waals surface area contributed by atoms with Crippen molar-refractivity contribution in [2.75, 3.05) is 13.2 Å². The van der Waals surface area contributed by atoms with E-state index in [1.54, 1.807) is 0 Å². The molecule has 0 bridgehead atoms. The standard InChI is InChI=1S/C17H20ClNO2/c1-13(14-7-9-15(18)10-8-14)19-11-16(20)12-21-17-5-3-2-4-6-17/h2-10,13,16,19-20H,11-12H2,1H3/t13-,16?/m1/s1. The summed E-state index contributed by atoms with van der Waals surface area (Å²) >= 11 is 5.87. The molecule has 2 rings (SSSR count). The van der Waals surface area contributed by atoms with Crippen LogP contribution in [0.3, 0.4) is 0 Å². The average Bonchev–Trinajstić information content (AvgIpc) is 2.52. The zero-order valence-electron chi connectivity index (χ0n) is 12.0. The SMILES string of the molecule is C[C@@H](NCC(O)COc1ccccc1)c1ccc(Cl)cc1. The molecule has 0 radical (unpaired) electrons. The van der Waals surface area contributed by atoms with Crippen molar-refractivity contribution in [3.63, 3.8) is 0 Å². The number of aliphatic hydroxyl groups excluding tert-OH is 1. The number of aliphatic hydroxyl groups is 1. The van der Waals surface area contributed by atoms with Crippen LogP contribution in [0.15, 0.2) is 54.6 Å². The molecule has 21 heavy (non-hydrogen) atoms. The number of benzene rings is 2. The van der Waals surface area contributed by atoms with Crippen LogP contribution in [0.1, 0.15) is 18.5 Å². The van der Waals surface area contributed by atoms with Gasteiger partial charge in [0, 0.05) is 17.6 Å². The Hall–Kier alpha value is -1.55. The van der Waals surface area contributed by atoms with Gasteiger partial charge >= 0.3 is 0 Å². The van der Waals surface area contributed by atoms with Crippen LogP contribution < -0.4 is 10.1 Å². The van der Waals surface area contributed by atoms with Crippen molar-refractivity contribution < 1.29 is 9.84 Å². The molecule has 0 aliphatic heterocycles. The summed E-state index contributed by atoms with van der Waals surface area (Å²) < 4.78 is 5.51. The highest BCUT2D eigenvalue weighted by molar-refractivity contribution is 6.30. The fourth-order valence-corrected chi connectivity index (χ4v) is 2.08. The zero-order chi connectivity index (χ0) is 15.1. The van der Waals surface area contributed by atoms with E-state index in [-0.39, 0.29) is 12.6 Å². The minimum absolute atomic E-state index is 0.147. The predicted octanol–water partition coefficient (Wildman–Crippen LogP) is 3.43. The molecule has 2 aromatic rings. The van der Waals surface area contributed by atoms with E-state index in [9.17, 15) is 5.11 Å². The molecular weight excluding hydrogens is 286 g/mol. The molecule has 4 heteroatoms. The summed E-state index contributed by atoms with van der Waals surface area (Å²) in [6, 6.07) is 17.3. The van der Waals surface area contributed by atoms with Gasteiger partial charge in [0.25, 0.3) is 0 Å². The monoisotopic (exact) mass is 305 g/mol. The highest BCUT2D eigenvalue weighted by Crippen LogP contribution is 2.16. The number of rotatable bonds is 7. The van der Waals surface area contributed by atoms with Gasteiger partial charge in [-0.2, -0.15) is 0 Å². The molecule has 2 N–H and O–H groups in total. The van der Waals surface area contributed by atoms with Gasteiger partial charge in [-0.15, -0.1) is 0 Å². The number of para-hydroxylation sites is 1. The number of halogens is 1. The second-order valence-electron chi connectivity index (χ2n) is 4.96. The molecule has 0 aliphatic carbocycles. The Kier molecular flexibility index (Phi) is 6.05. The van der Waals surface area contributed by atoms with Gasteiger partial charge in [0.15, 0.2) is 0 Å². The van der Waals surface area contributed by atoms with E-state index < -0.39 is 6.10 Å². The van der Waals surface area contributed by atoms with E-state index in [0.29, 0.717) is 6.54 Å². The Morgan fingerprint density at radius 1 is 1.10 bits per heavy atom. The van der Waals surface area contributed by atoms with Gasteiger partial charge in [-0.1, -0.05) is 41.9 Å². The molecular formula is C17H20ClNO2. The first-order valence-corrected chi connectivity index (χ1v) is 7.37. The second-order valence-corrected chi connectivity index (χ2v) is 5.40. The van der Waals surface area contributed by atoms with Gasteiger partial charge in [-0.3, -0.25) is 0 Å². The lowest BCUT2D eigenvalue weighted by molar-refractivity contribution is 0.104. The van der Waals surface area contributed by atoms with Crippen molar-refractivity contribution in [2.45, 2.75) is 19.1 Å². The molecule has 0 saturated heterocycles. The Morgan fingerprint density at radius 2 is 1.76 bits per heavy atom. The molecule has 0 heterocycles. The van der Waals surface area contributed by atoms with E-state index in [4.69, 9.17) is 16.3 Å². The largest absolute Gasteiger partial charge is 0.491 e. The quantitative estimate of drug-likeness (QED) is 0.823. The summed E-state index contributed by atoms with van der Waals surface area (Å²) in [5.41, 5.74) is 1.13. The molecule has 3 nitrogen and oxygen atoms in total. The third kappa shape index (κ3) is 5.38. The van der Waals surface area contributed by atoms with Crippen LogP contribution in [-0.2, 0) is 0 Å². The van der Waals surface area contributed by atoms with E-state index in [2.05, 4.69) is 5.32 Å². The maximum absolute atomic E-state index is 9.94. The van der Waals surface area contributed by atoms with Crippen molar-refractivity contribution in [1.29, 1.82) is 0 Å². The number of hydrogen-bond donors (Lipinski definition) is 2. The molecule has 0 amide bonds. The van der Waals surface area contributed by atoms with Gasteiger partial charge in [0.1, 0.15) is 18.5 Å². The Labute approximate surface area is 130 Å². The lowest BCUT2D eigenvalue weighted by Gasteiger charge is -2.18. The first kappa shape index (κ1) is 15.8. The smallest absolute Gasteiger partial charge is 0.119 e. The highest BCUT2D eigenvalue weighted by Gasteiger charge is 2.09. The molecule has 1 unspecified atom stereocenters. The molecule has 2 aromatic carbocycles.